The lowest BCUT2D eigenvalue weighted by atomic mass is 10.2. The van der Waals surface area contributed by atoms with E-state index in [4.69, 9.17) is 0 Å². The van der Waals surface area contributed by atoms with Crippen LogP contribution in [-0.2, 0) is 9.59 Å². The number of amides is 2. The van der Waals surface area contributed by atoms with Crippen molar-refractivity contribution in [3.63, 3.8) is 0 Å². The summed E-state index contributed by atoms with van der Waals surface area (Å²) in [5, 5.41) is 6.22. The molecule has 2 N–H and O–H groups in total. The first-order chi connectivity index (χ1) is 13.5. The van der Waals surface area contributed by atoms with Gasteiger partial charge in [-0.15, -0.1) is 0 Å². The molecule has 0 spiro atoms. The zero-order valence-electron chi connectivity index (χ0n) is 17.9. The van der Waals surface area contributed by atoms with Gasteiger partial charge in [0.2, 0.25) is 11.8 Å². The van der Waals surface area contributed by atoms with E-state index in [9.17, 15) is 9.59 Å². The van der Waals surface area contributed by atoms with Crippen LogP contribution in [0.3, 0.4) is 0 Å². The maximum Gasteiger partial charge on any atom is 0.236 e. The van der Waals surface area contributed by atoms with Crippen LogP contribution in [0.2, 0.25) is 0 Å². The highest BCUT2D eigenvalue weighted by Crippen LogP contribution is 2.11. The molecule has 0 atom stereocenters. The van der Waals surface area contributed by atoms with Crippen molar-refractivity contribution in [1.82, 2.24) is 25.3 Å². The number of hydrogen-bond acceptors (Lipinski definition) is 4. The van der Waals surface area contributed by atoms with Gasteiger partial charge in [-0.05, 0) is 12.8 Å². The molecule has 0 saturated carbocycles. The molecule has 0 bridgehead atoms. The standard InChI is InChI=1S/C20H38N6O2/c1-17(2)19(28)22-8-9-23-20(21-3)26-14-12-24(13-15-26)16-18(27)25-10-6-4-5-7-11-25/h17H,4-16H2,1-3H3,(H,21,23)(H,22,28). The minimum absolute atomic E-state index is 0.00409. The summed E-state index contributed by atoms with van der Waals surface area (Å²) in [5.41, 5.74) is 0. The van der Waals surface area contributed by atoms with Crippen LogP contribution in [0.5, 0.6) is 0 Å². The van der Waals surface area contributed by atoms with Gasteiger partial charge in [0.1, 0.15) is 0 Å². The Hall–Kier alpha value is -1.83. The molecule has 2 aliphatic heterocycles. The Morgan fingerprint density at radius 3 is 2.04 bits per heavy atom. The van der Waals surface area contributed by atoms with Crippen LogP contribution in [0.15, 0.2) is 4.99 Å². The van der Waals surface area contributed by atoms with Crippen molar-refractivity contribution < 1.29 is 9.59 Å². The van der Waals surface area contributed by atoms with E-state index in [0.717, 1.165) is 58.1 Å². The second kappa shape index (κ2) is 11.9. The Labute approximate surface area is 169 Å². The van der Waals surface area contributed by atoms with E-state index in [1.165, 1.54) is 12.8 Å². The average molecular weight is 395 g/mol. The van der Waals surface area contributed by atoms with Crippen LogP contribution < -0.4 is 10.6 Å². The molecule has 160 valence electrons. The number of piperazine rings is 1. The number of nitrogens with one attached hydrogen (secondary N) is 2. The van der Waals surface area contributed by atoms with E-state index < -0.39 is 0 Å². The summed E-state index contributed by atoms with van der Waals surface area (Å²) >= 11 is 0. The maximum absolute atomic E-state index is 12.6. The molecule has 8 nitrogen and oxygen atoms in total. The molecule has 0 aliphatic carbocycles. The molecule has 2 saturated heterocycles. The van der Waals surface area contributed by atoms with Gasteiger partial charge in [-0.1, -0.05) is 26.7 Å². The van der Waals surface area contributed by atoms with Gasteiger partial charge in [0.15, 0.2) is 5.96 Å². The minimum Gasteiger partial charge on any atom is -0.354 e. The third-order valence-electron chi connectivity index (χ3n) is 5.43. The SMILES string of the molecule is CN=C(NCCNC(=O)C(C)C)N1CCN(CC(=O)N2CCCCCC2)CC1. The lowest BCUT2D eigenvalue weighted by Crippen LogP contribution is -2.54. The lowest BCUT2D eigenvalue weighted by molar-refractivity contribution is -0.132. The fourth-order valence-electron chi connectivity index (χ4n) is 3.63. The molecule has 0 unspecified atom stereocenters. The maximum atomic E-state index is 12.6. The van der Waals surface area contributed by atoms with E-state index in [1.807, 2.05) is 18.7 Å². The van der Waals surface area contributed by atoms with Gasteiger partial charge < -0.3 is 20.4 Å². The predicted molar refractivity (Wildman–Crippen MR) is 112 cm³/mol. The molecule has 0 aromatic carbocycles. The van der Waals surface area contributed by atoms with Gasteiger partial charge in [0, 0.05) is 65.3 Å². The van der Waals surface area contributed by atoms with Gasteiger partial charge in [-0.3, -0.25) is 19.5 Å². The second-order valence-electron chi connectivity index (χ2n) is 7.98. The normalized spacial score (nSPS) is 19.5. The van der Waals surface area contributed by atoms with Crippen LogP contribution in [0.25, 0.3) is 0 Å². The smallest absolute Gasteiger partial charge is 0.236 e. The van der Waals surface area contributed by atoms with E-state index in [0.29, 0.717) is 19.6 Å². The monoisotopic (exact) mass is 394 g/mol. The summed E-state index contributed by atoms with van der Waals surface area (Å²) < 4.78 is 0. The summed E-state index contributed by atoms with van der Waals surface area (Å²) in [6, 6.07) is 0. The molecule has 2 heterocycles. The predicted octanol–water partition coefficient (Wildman–Crippen LogP) is 0.354. The molecular weight excluding hydrogens is 356 g/mol. The van der Waals surface area contributed by atoms with E-state index in [1.54, 1.807) is 7.05 Å². The quantitative estimate of drug-likeness (QED) is 0.386. The largest absolute Gasteiger partial charge is 0.354 e. The first-order valence-corrected chi connectivity index (χ1v) is 10.7. The molecule has 2 aliphatic rings. The van der Waals surface area contributed by atoms with Crippen molar-refractivity contribution >= 4 is 17.8 Å². The summed E-state index contributed by atoms with van der Waals surface area (Å²) in [4.78, 5) is 35.0. The summed E-state index contributed by atoms with van der Waals surface area (Å²) in [6.45, 7) is 10.8. The zero-order valence-corrected chi connectivity index (χ0v) is 17.9. The van der Waals surface area contributed by atoms with Crippen LogP contribution in [0.4, 0.5) is 0 Å². The Morgan fingerprint density at radius 1 is 0.857 bits per heavy atom. The van der Waals surface area contributed by atoms with Crippen molar-refractivity contribution in [3.8, 4) is 0 Å². The van der Waals surface area contributed by atoms with E-state index in [-0.39, 0.29) is 17.7 Å². The average Bonchev–Trinajstić information content (AvgIpc) is 2.98. The number of aliphatic imine (C=N–C) groups is 1. The van der Waals surface area contributed by atoms with Crippen molar-refractivity contribution in [2.24, 2.45) is 10.9 Å². The zero-order chi connectivity index (χ0) is 20.4. The Balaban J connectivity index is 1.68. The summed E-state index contributed by atoms with van der Waals surface area (Å²) in [7, 11) is 1.78. The topological polar surface area (TPSA) is 80.3 Å². The van der Waals surface area contributed by atoms with Gasteiger partial charge in [0.05, 0.1) is 6.54 Å². The van der Waals surface area contributed by atoms with Crippen molar-refractivity contribution in [2.45, 2.75) is 39.5 Å². The van der Waals surface area contributed by atoms with Crippen LogP contribution >= 0.6 is 0 Å². The number of rotatable bonds is 6. The van der Waals surface area contributed by atoms with Gasteiger partial charge >= 0.3 is 0 Å². The molecular formula is C20H38N6O2. The second-order valence-corrected chi connectivity index (χ2v) is 7.98. The fourth-order valence-corrected chi connectivity index (χ4v) is 3.63. The van der Waals surface area contributed by atoms with Crippen molar-refractivity contribution in [2.75, 3.05) is 66.0 Å². The minimum atomic E-state index is 0.00409. The van der Waals surface area contributed by atoms with Crippen LogP contribution in [0, 0.1) is 5.92 Å². The van der Waals surface area contributed by atoms with Crippen molar-refractivity contribution in [1.29, 1.82) is 0 Å². The number of carbonyl (C=O) groups excluding carboxylic acids is 2. The van der Waals surface area contributed by atoms with Crippen LogP contribution in [0.1, 0.15) is 39.5 Å². The first kappa shape index (κ1) is 22.5. The summed E-state index contributed by atoms with van der Waals surface area (Å²) in [5.74, 6) is 1.21. The molecule has 0 aromatic rings. The highest BCUT2D eigenvalue weighted by molar-refractivity contribution is 5.81. The first-order valence-electron chi connectivity index (χ1n) is 10.7. The highest BCUT2D eigenvalue weighted by Gasteiger charge is 2.23. The molecule has 8 heteroatoms. The Morgan fingerprint density at radius 2 is 1.46 bits per heavy atom. The Bertz CT molecular complexity index is 521. The highest BCUT2D eigenvalue weighted by atomic mass is 16.2. The van der Waals surface area contributed by atoms with Crippen LogP contribution in [-0.4, -0.2) is 98.4 Å². The van der Waals surface area contributed by atoms with E-state index >= 15 is 0 Å². The molecule has 0 radical (unpaired) electrons. The fraction of sp³-hybridized carbons (Fsp3) is 0.850. The van der Waals surface area contributed by atoms with Gasteiger partial charge in [-0.2, -0.15) is 0 Å². The number of hydrogen-bond donors (Lipinski definition) is 2. The third-order valence-corrected chi connectivity index (χ3v) is 5.43. The number of carbonyl (C=O) groups is 2. The van der Waals surface area contributed by atoms with Gasteiger partial charge in [0.25, 0.3) is 0 Å². The van der Waals surface area contributed by atoms with Gasteiger partial charge in [-0.25, -0.2) is 0 Å². The lowest BCUT2D eigenvalue weighted by Gasteiger charge is -2.37. The molecule has 2 rings (SSSR count). The summed E-state index contributed by atoms with van der Waals surface area (Å²) in [6.07, 6.45) is 4.77. The number of nitrogens with zero attached hydrogens (tertiary/aromatic N) is 4. The van der Waals surface area contributed by atoms with E-state index in [2.05, 4.69) is 25.4 Å². The Kier molecular flexibility index (Phi) is 9.54. The molecule has 0 aromatic heterocycles. The number of likely N-dealkylation sites (tertiary alicyclic amines) is 1. The number of guanidine groups is 1. The third kappa shape index (κ3) is 7.30. The molecule has 28 heavy (non-hydrogen) atoms. The molecule has 2 fully saturated rings. The van der Waals surface area contributed by atoms with Crippen molar-refractivity contribution in [3.05, 3.63) is 0 Å². The molecule has 2 amide bonds.